The van der Waals surface area contributed by atoms with Gasteiger partial charge in [-0.3, -0.25) is 14.7 Å². The van der Waals surface area contributed by atoms with Crippen molar-refractivity contribution in [2.24, 2.45) is 11.7 Å². The number of hydrogen-bond acceptors (Lipinski definition) is 3. The van der Waals surface area contributed by atoms with E-state index in [4.69, 9.17) is 5.73 Å². The molecule has 2 aromatic rings. The van der Waals surface area contributed by atoms with Crippen molar-refractivity contribution in [1.29, 1.82) is 0 Å². The number of carbonyl (C=O) groups is 1. The van der Waals surface area contributed by atoms with Crippen molar-refractivity contribution in [3.8, 4) is 5.69 Å². The van der Waals surface area contributed by atoms with E-state index >= 15 is 0 Å². The normalized spacial score (nSPS) is 14.9. The van der Waals surface area contributed by atoms with Gasteiger partial charge in [0.1, 0.15) is 5.69 Å². The van der Waals surface area contributed by atoms with Crippen LogP contribution < -0.4 is 16.6 Å². The summed E-state index contributed by atoms with van der Waals surface area (Å²) in [6.45, 7) is 2.41. The Balaban J connectivity index is 0.00000192. The van der Waals surface area contributed by atoms with Crippen LogP contribution in [0.5, 0.6) is 0 Å². The van der Waals surface area contributed by atoms with E-state index in [9.17, 15) is 9.59 Å². The summed E-state index contributed by atoms with van der Waals surface area (Å²) >= 11 is 0. The minimum Gasteiger partial charge on any atom is -0.349 e. The second kappa shape index (κ2) is 7.02. The van der Waals surface area contributed by atoms with Crippen LogP contribution >= 0.6 is 12.4 Å². The highest BCUT2D eigenvalue weighted by atomic mass is 35.5. The molecule has 1 aromatic heterocycles. The molecule has 3 rings (SSSR count). The van der Waals surface area contributed by atoms with Crippen LogP contribution in [-0.2, 0) is 0 Å². The summed E-state index contributed by atoms with van der Waals surface area (Å²) in [7, 11) is 0. The molecule has 0 saturated heterocycles. The van der Waals surface area contributed by atoms with E-state index in [-0.39, 0.29) is 35.6 Å². The fourth-order valence-electron chi connectivity index (χ4n) is 2.39. The molecule has 0 spiro atoms. The van der Waals surface area contributed by atoms with Crippen LogP contribution in [0.1, 0.15) is 28.9 Å². The minimum atomic E-state index is -0.306. The van der Waals surface area contributed by atoms with Gasteiger partial charge in [-0.05, 0) is 37.8 Å². The lowest BCUT2D eigenvalue weighted by molar-refractivity contribution is 0.0945. The summed E-state index contributed by atoms with van der Waals surface area (Å²) in [6, 6.07) is 8.79. The molecular weight excluding hydrogens is 316 g/mol. The van der Waals surface area contributed by atoms with Crippen molar-refractivity contribution in [2.45, 2.75) is 25.8 Å². The lowest BCUT2D eigenvalue weighted by Crippen LogP contribution is -2.38. The van der Waals surface area contributed by atoms with Crippen LogP contribution in [0.4, 0.5) is 0 Å². The van der Waals surface area contributed by atoms with E-state index in [1.807, 2.05) is 31.2 Å². The van der Waals surface area contributed by atoms with Gasteiger partial charge >= 0.3 is 0 Å². The third-order valence-electron chi connectivity index (χ3n) is 3.98. The van der Waals surface area contributed by atoms with E-state index < -0.39 is 0 Å². The maximum absolute atomic E-state index is 12.1. The number of benzene rings is 1. The Bertz CT molecular complexity index is 731. The second-order valence-electron chi connectivity index (χ2n) is 5.89. The summed E-state index contributed by atoms with van der Waals surface area (Å²) in [5.74, 6) is 0.218. The fraction of sp³-hybridized carbons (Fsp3) is 0.375. The average Bonchev–Trinajstić information content (AvgIpc) is 3.28. The number of halogens is 1. The molecule has 7 heteroatoms. The first-order chi connectivity index (χ1) is 10.5. The van der Waals surface area contributed by atoms with Crippen molar-refractivity contribution in [2.75, 3.05) is 6.54 Å². The third kappa shape index (κ3) is 4.03. The van der Waals surface area contributed by atoms with Crippen molar-refractivity contribution in [3.63, 3.8) is 0 Å². The SMILES string of the molecule is Cc1ccc(-n2[nH]c(C(=O)NCC(N)C3CC3)cc2=O)cc1.Cl. The van der Waals surface area contributed by atoms with Gasteiger partial charge < -0.3 is 11.1 Å². The Morgan fingerprint density at radius 3 is 2.65 bits per heavy atom. The van der Waals surface area contributed by atoms with Crippen LogP contribution in [0.3, 0.4) is 0 Å². The molecule has 1 heterocycles. The molecule has 1 amide bonds. The topological polar surface area (TPSA) is 92.9 Å². The Labute approximate surface area is 140 Å². The van der Waals surface area contributed by atoms with E-state index in [0.717, 1.165) is 18.4 Å². The summed E-state index contributed by atoms with van der Waals surface area (Å²) in [5.41, 5.74) is 7.74. The fourth-order valence-corrected chi connectivity index (χ4v) is 2.39. The van der Waals surface area contributed by atoms with E-state index in [2.05, 4.69) is 10.4 Å². The van der Waals surface area contributed by atoms with E-state index in [1.54, 1.807) is 0 Å². The number of amides is 1. The summed E-state index contributed by atoms with van der Waals surface area (Å²) in [6.07, 6.45) is 2.27. The third-order valence-corrected chi connectivity index (χ3v) is 3.98. The Morgan fingerprint density at radius 1 is 1.39 bits per heavy atom. The first-order valence-electron chi connectivity index (χ1n) is 7.47. The predicted molar refractivity (Wildman–Crippen MR) is 91.4 cm³/mol. The molecule has 0 radical (unpaired) electrons. The van der Waals surface area contributed by atoms with Crippen LogP contribution in [0.15, 0.2) is 35.1 Å². The molecule has 6 nitrogen and oxygen atoms in total. The van der Waals surface area contributed by atoms with Gasteiger partial charge in [0.15, 0.2) is 0 Å². The number of carbonyl (C=O) groups excluding carboxylic acids is 1. The Kier molecular flexibility index (Phi) is 5.28. The first kappa shape index (κ1) is 17.3. The molecule has 1 unspecified atom stereocenters. The second-order valence-corrected chi connectivity index (χ2v) is 5.89. The molecule has 1 aromatic carbocycles. The zero-order valence-electron chi connectivity index (χ0n) is 12.9. The van der Waals surface area contributed by atoms with Gasteiger partial charge in [-0.1, -0.05) is 17.7 Å². The first-order valence-corrected chi connectivity index (χ1v) is 7.47. The number of aryl methyl sites for hydroxylation is 1. The molecule has 1 atom stereocenters. The number of nitrogens with two attached hydrogens (primary N) is 1. The molecule has 4 N–H and O–H groups in total. The molecule has 124 valence electrons. The molecule has 0 aliphatic heterocycles. The number of nitrogens with one attached hydrogen (secondary N) is 2. The van der Waals surface area contributed by atoms with Crippen LogP contribution in [0, 0.1) is 12.8 Å². The summed E-state index contributed by atoms with van der Waals surface area (Å²) in [4.78, 5) is 24.1. The molecule has 1 fully saturated rings. The summed E-state index contributed by atoms with van der Waals surface area (Å²) in [5, 5.41) is 5.61. The summed E-state index contributed by atoms with van der Waals surface area (Å²) < 4.78 is 1.36. The monoisotopic (exact) mass is 336 g/mol. The lowest BCUT2D eigenvalue weighted by atomic mass is 10.2. The van der Waals surface area contributed by atoms with Crippen molar-refractivity contribution < 1.29 is 4.79 Å². The van der Waals surface area contributed by atoms with Crippen LogP contribution in [-0.4, -0.2) is 28.3 Å². The van der Waals surface area contributed by atoms with E-state index in [1.165, 1.54) is 10.7 Å². The standard InChI is InChI=1S/C16H20N4O2.ClH/c1-10-2-6-12(7-3-10)20-15(21)8-14(19-20)16(22)18-9-13(17)11-4-5-11;/h2-3,6-8,11,13,19H,4-5,9,17H2,1H3,(H,18,22);1H. The maximum atomic E-state index is 12.1. The maximum Gasteiger partial charge on any atom is 0.271 e. The number of hydrogen-bond donors (Lipinski definition) is 3. The van der Waals surface area contributed by atoms with Crippen LogP contribution in [0.25, 0.3) is 5.69 Å². The van der Waals surface area contributed by atoms with Gasteiger partial charge in [0.25, 0.3) is 11.5 Å². The highest BCUT2D eigenvalue weighted by Gasteiger charge is 2.28. The van der Waals surface area contributed by atoms with Gasteiger partial charge in [0.2, 0.25) is 0 Å². The van der Waals surface area contributed by atoms with E-state index in [0.29, 0.717) is 18.2 Å². The molecular formula is C16H21ClN4O2. The number of rotatable bonds is 5. The van der Waals surface area contributed by atoms with Crippen molar-refractivity contribution in [3.05, 3.63) is 51.9 Å². The highest BCUT2D eigenvalue weighted by molar-refractivity contribution is 5.92. The molecule has 1 aliphatic rings. The van der Waals surface area contributed by atoms with Gasteiger partial charge in [-0.15, -0.1) is 12.4 Å². The average molecular weight is 337 g/mol. The number of aromatic nitrogens is 2. The van der Waals surface area contributed by atoms with Gasteiger partial charge in [-0.25, -0.2) is 4.68 Å². The zero-order valence-corrected chi connectivity index (χ0v) is 13.7. The predicted octanol–water partition coefficient (Wildman–Crippen LogP) is 1.36. The zero-order chi connectivity index (χ0) is 15.7. The molecule has 23 heavy (non-hydrogen) atoms. The smallest absolute Gasteiger partial charge is 0.271 e. The molecule has 0 bridgehead atoms. The van der Waals surface area contributed by atoms with Crippen molar-refractivity contribution >= 4 is 18.3 Å². The Hall–Kier alpha value is -2.05. The number of nitrogens with zero attached hydrogens (tertiary/aromatic N) is 1. The molecule has 1 aliphatic carbocycles. The van der Waals surface area contributed by atoms with Gasteiger partial charge in [0.05, 0.1) is 5.69 Å². The largest absolute Gasteiger partial charge is 0.349 e. The highest BCUT2D eigenvalue weighted by Crippen LogP contribution is 2.31. The lowest BCUT2D eigenvalue weighted by Gasteiger charge is -2.10. The Morgan fingerprint density at radius 2 is 2.04 bits per heavy atom. The molecule has 1 saturated carbocycles. The van der Waals surface area contributed by atoms with Crippen LogP contribution in [0.2, 0.25) is 0 Å². The van der Waals surface area contributed by atoms with Gasteiger partial charge in [-0.2, -0.15) is 0 Å². The number of H-pyrrole nitrogens is 1. The quantitative estimate of drug-likeness (QED) is 0.769. The van der Waals surface area contributed by atoms with Gasteiger partial charge in [0, 0.05) is 18.7 Å². The number of aromatic amines is 1. The minimum absolute atomic E-state index is 0. The van der Waals surface area contributed by atoms with Crippen molar-refractivity contribution in [1.82, 2.24) is 15.1 Å².